The molecule has 3 amide bonds. The lowest BCUT2D eigenvalue weighted by atomic mass is 9.96. The average Bonchev–Trinajstić information content (AvgIpc) is 3.76. The number of nitrogens with one attached hydrogen (secondary N) is 1. The molecule has 0 unspecified atom stereocenters. The molecular weight excluding hydrogens is 633 g/mol. The van der Waals surface area contributed by atoms with Crippen LogP contribution in [-0.2, 0) is 22.6 Å². The number of hydrogen-bond donors (Lipinski definition) is 2. The number of imide groups is 1. The molecule has 5 heterocycles. The minimum absolute atomic E-state index is 0.0817. The second-order valence-corrected chi connectivity index (χ2v) is 12.6. The van der Waals surface area contributed by atoms with Crippen LogP contribution in [0.5, 0.6) is 0 Å². The predicted octanol–water partition coefficient (Wildman–Crippen LogP) is 6.42. The van der Waals surface area contributed by atoms with E-state index in [0.29, 0.717) is 52.7 Å². The van der Waals surface area contributed by atoms with E-state index < -0.39 is 42.5 Å². The van der Waals surface area contributed by atoms with Crippen molar-refractivity contribution >= 4 is 35.2 Å². The highest BCUT2D eigenvalue weighted by atomic mass is 19.3. The molecule has 2 N–H and O–H groups in total. The third-order valence-electron chi connectivity index (χ3n) is 8.06. The number of nitrogens with zero attached hydrogens (tertiary/aromatic N) is 5. The number of amides is 3. The molecular formula is C33H33F3N6O6. The summed E-state index contributed by atoms with van der Waals surface area (Å²) in [7, 11) is 0. The zero-order chi connectivity index (χ0) is 34.3. The Morgan fingerprint density at radius 2 is 2.00 bits per heavy atom. The molecule has 2 aliphatic rings. The number of carboxylic acid groups (broad SMARTS) is 1. The highest BCUT2D eigenvalue weighted by Crippen LogP contribution is 2.39. The van der Waals surface area contributed by atoms with E-state index in [4.69, 9.17) is 14.5 Å². The predicted molar refractivity (Wildman–Crippen MR) is 167 cm³/mol. The lowest BCUT2D eigenvalue weighted by Crippen LogP contribution is -2.39. The number of rotatable bonds is 8. The summed E-state index contributed by atoms with van der Waals surface area (Å²) in [6.07, 6.45) is -1.49. The van der Waals surface area contributed by atoms with E-state index in [0.717, 1.165) is 10.5 Å². The van der Waals surface area contributed by atoms with Crippen molar-refractivity contribution in [3.63, 3.8) is 0 Å². The zero-order valence-corrected chi connectivity index (χ0v) is 26.4. The monoisotopic (exact) mass is 666 g/mol. The molecule has 6 rings (SSSR count). The minimum atomic E-state index is -2.83. The van der Waals surface area contributed by atoms with E-state index in [1.807, 2.05) is 0 Å². The van der Waals surface area contributed by atoms with Gasteiger partial charge in [0.1, 0.15) is 22.9 Å². The fraction of sp³-hybridized carbons (Fsp3) is 0.364. The van der Waals surface area contributed by atoms with Crippen LogP contribution < -0.4 is 5.32 Å². The number of imidazole rings is 1. The fourth-order valence-electron chi connectivity index (χ4n) is 5.95. The molecule has 15 heteroatoms. The fourth-order valence-corrected chi connectivity index (χ4v) is 5.95. The molecule has 4 aromatic rings. The molecule has 3 aromatic heterocycles. The van der Waals surface area contributed by atoms with Crippen LogP contribution in [0.15, 0.2) is 48.8 Å². The molecule has 1 saturated heterocycles. The Hall–Kier alpha value is -5.18. The van der Waals surface area contributed by atoms with Crippen LogP contribution in [0.2, 0.25) is 0 Å². The van der Waals surface area contributed by atoms with Crippen LogP contribution in [0, 0.1) is 5.82 Å². The Bertz CT molecular complexity index is 1900. The van der Waals surface area contributed by atoms with E-state index in [-0.39, 0.29) is 36.1 Å². The first kappa shape index (κ1) is 32.7. The largest absolute Gasteiger partial charge is 0.465 e. The number of alkyl halides is 2. The molecule has 2 aliphatic heterocycles. The maximum absolute atomic E-state index is 13.8. The molecule has 48 heavy (non-hydrogen) atoms. The first-order valence-corrected chi connectivity index (χ1v) is 15.2. The summed E-state index contributed by atoms with van der Waals surface area (Å²) in [5.74, 6) is -1.08. The third kappa shape index (κ3) is 6.63. The topological polar surface area (TPSA) is 139 Å². The number of anilines is 2. The lowest BCUT2D eigenvalue weighted by Gasteiger charge is -2.28. The van der Waals surface area contributed by atoms with E-state index >= 15 is 0 Å². The van der Waals surface area contributed by atoms with Crippen LogP contribution >= 0.6 is 0 Å². The molecule has 1 fully saturated rings. The van der Waals surface area contributed by atoms with E-state index in [1.165, 1.54) is 24.5 Å². The van der Waals surface area contributed by atoms with Crippen molar-refractivity contribution < 1.29 is 42.1 Å². The van der Waals surface area contributed by atoms with Gasteiger partial charge in [0, 0.05) is 30.4 Å². The lowest BCUT2D eigenvalue weighted by molar-refractivity contribution is 0.00780. The maximum atomic E-state index is 13.8. The number of fused-ring (bicyclic) bond motifs is 2. The number of hydrogen-bond acceptors (Lipinski definition) is 8. The second kappa shape index (κ2) is 12.8. The number of ether oxygens (including phenoxy) is 2. The van der Waals surface area contributed by atoms with Gasteiger partial charge >= 0.3 is 12.2 Å². The highest BCUT2D eigenvalue weighted by molar-refractivity contribution is 6.11. The molecule has 0 bridgehead atoms. The summed E-state index contributed by atoms with van der Waals surface area (Å²) < 4.78 is 53.7. The summed E-state index contributed by atoms with van der Waals surface area (Å²) in [6, 6.07) is 9.25. The molecule has 0 spiro atoms. The van der Waals surface area contributed by atoms with Gasteiger partial charge in [-0.15, -0.1) is 0 Å². The zero-order valence-electron chi connectivity index (χ0n) is 26.4. The van der Waals surface area contributed by atoms with Crippen molar-refractivity contribution in [2.75, 3.05) is 25.1 Å². The van der Waals surface area contributed by atoms with Crippen molar-refractivity contribution in [3.8, 4) is 11.3 Å². The molecule has 0 radical (unpaired) electrons. The summed E-state index contributed by atoms with van der Waals surface area (Å²) in [5, 5.41) is 12.9. The average molecular weight is 667 g/mol. The number of carbonyl (C=O) groups excluding carboxylic acids is 2. The summed E-state index contributed by atoms with van der Waals surface area (Å²) in [6.45, 7) is 4.44. The Labute approximate surface area is 273 Å². The van der Waals surface area contributed by atoms with Gasteiger partial charge < -0.3 is 19.9 Å². The van der Waals surface area contributed by atoms with Gasteiger partial charge in [-0.05, 0) is 56.5 Å². The quantitative estimate of drug-likeness (QED) is 0.218. The van der Waals surface area contributed by atoms with E-state index in [2.05, 4.69) is 10.3 Å². The summed E-state index contributed by atoms with van der Waals surface area (Å²) >= 11 is 0. The molecule has 0 aliphatic carbocycles. The second-order valence-electron chi connectivity index (χ2n) is 12.6. The van der Waals surface area contributed by atoms with Gasteiger partial charge in [-0.1, -0.05) is 12.1 Å². The van der Waals surface area contributed by atoms with Crippen LogP contribution in [-0.4, -0.2) is 79.2 Å². The molecule has 1 atom stereocenters. The first-order chi connectivity index (χ1) is 22.8. The van der Waals surface area contributed by atoms with E-state index in [9.17, 15) is 32.7 Å². The molecule has 252 valence electrons. The van der Waals surface area contributed by atoms with Gasteiger partial charge in [0.2, 0.25) is 0 Å². The normalized spacial score (nSPS) is 16.1. The summed E-state index contributed by atoms with van der Waals surface area (Å²) in [5.41, 5.74) is 2.29. The van der Waals surface area contributed by atoms with Gasteiger partial charge in [-0.3, -0.25) is 14.1 Å². The van der Waals surface area contributed by atoms with Crippen molar-refractivity contribution in [1.82, 2.24) is 24.2 Å². The van der Waals surface area contributed by atoms with Gasteiger partial charge in [0.15, 0.2) is 0 Å². The number of aromatic nitrogens is 3. The van der Waals surface area contributed by atoms with Crippen molar-refractivity contribution in [2.24, 2.45) is 0 Å². The first-order valence-electron chi connectivity index (χ1n) is 15.2. The van der Waals surface area contributed by atoms with Crippen LogP contribution in [0.3, 0.4) is 0 Å². The smallest absolute Gasteiger partial charge is 0.414 e. The number of carbonyl (C=O) groups is 3. The molecule has 1 aromatic carbocycles. The third-order valence-corrected chi connectivity index (χ3v) is 8.06. The van der Waals surface area contributed by atoms with Crippen LogP contribution in [0.4, 0.5) is 34.3 Å². The van der Waals surface area contributed by atoms with Gasteiger partial charge in [0.05, 0.1) is 55.1 Å². The Morgan fingerprint density at radius 1 is 1.21 bits per heavy atom. The van der Waals surface area contributed by atoms with Crippen molar-refractivity contribution in [1.29, 1.82) is 0 Å². The Balaban J connectivity index is 1.39. The number of pyridine rings is 2. The Morgan fingerprint density at radius 3 is 2.69 bits per heavy atom. The number of benzene rings is 1. The van der Waals surface area contributed by atoms with Gasteiger partial charge in [-0.25, -0.2) is 37.6 Å². The Kier molecular flexibility index (Phi) is 8.72. The minimum Gasteiger partial charge on any atom is -0.465 e. The van der Waals surface area contributed by atoms with Gasteiger partial charge in [0.25, 0.3) is 12.3 Å². The van der Waals surface area contributed by atoms with E-state index in [1.54, 1.807) is 49.4 Å². The molecule has 12 nitrogen and oxygen atoms in total. The van der Waals surface area contributed by atoms with Crippen LogP contribution in [0.1, 0.15) is 60.3 Å². The number of halogens is 3. The molecule has 0 saturated carbocycles. The van der Waals surface area contributed by atoms with Crippen molar-refractivity contribution in [2.45, 2.75) is 58.2 Å². The summed E-state index contributed by atoms with van der Waals surface area (Å²) in [4.78, 5) is 49.1. The maximum Gasteiger partial charge on any atom is 0.414 e. The standard InChI is InChI=1S/C33H33F3N6O6/c1-33(2,3)48-32(46)40(16-26(35)36)15-24-20(18-9-11-47-17-18)5-7-27(39-24)38-23-6-4-21(22-14-42(31(44)45)30(43)29(22)23)25-13-37-28-12-19(34)8-10-41(25)28/h4-8,10,12-13,18,26H,9,11,14-17H2,1-3H3,(H,38,39)(H,44,45)/t18-/m0/s1. The SMILES string of the molecule is CC(C)(C)OC(=O)N(Cc1nc(Nc2ccc(-c3cnc4cc(F)ccn34)c3c2C(=O)N(C(=O)O)C3)ccc1[C@H]1CCOC1)CC(F)F. The van der Waals surface area contributed by atoms with Crippen LogP contribution in [0.25, 0.3) is 16.9 Å². The highest BCUT2D eigenvalue weighted by Gasteiger charge is 2.37. The van der Waals surface area contributed by atoms with Gasteiger partial charge in [-0.2, -0.15) is 0 Å². The van der Waals surface area contributed by atoms with Crippen molar-refractivity contribution in [3.05, 3.63) is 77.0 Å².